The predicted octanol–water partition coefficient (Wildman–Crippen LogP) is 6.68. The molecule has 1 atom stereocenters. The lowest BCUT2D eigenvalue weighted by atomic mass is 9.97. The fraction of sp³-hybridized carbons (Fsp3) is 0.125. The van der Waals surface area contributed by atoms with Gasteiger partial charge in [-0.25, -0.2) is 0 Å². The van der Waals surface area contributed by atoms with Crippen LogP contribution >= 0.6 is 0 Å². The van der Waals surface area contributed by atoms with Gasteiger partial charge in [-0.3, -0.25) is 9.59 Å². The average molecular weight is 488 g/mol. The lowest BCUT2D eigenvalue weighted by Gasteiger charge is -2.25. The molecule has 0 saturated carbocycles. The Kier molecular flexibility index (Phi) is 5.81. The van der Waals surface area contributed by atoms with Gasteiger partial charge in [-0.15, -0.1) is 0 Å². The van der Waals surface area contributed by atoms with E-state index in [0.717, 1.165) is 16.7 Å². The van der Waals surface area contributed by atoms with Crippen molar-refractivity contribution in [2.24, 2.45) is 0 Å². The highest BCUT2D eigenvalue weighted by molar-refractivity contribution is 5.99. The van der Waals surface area contributed by atoms with Crippen LogP contribution in [-0.2, 0) is 6.42 Å². The van der Waals surface area contributed by atoms with Crippen LogP contribution in [0.2, 0.25) is 0 Å². The highest BCUT2D eigenvalue weighted by atomic mass is 16.5. The van der Waals surface area contributed by atoms with Crippen LogP contribution in [0.4, 0.5) is 0 Å². The maximum atomic E-state index is 13.8. The number of nitrogens with zero attached hydrogens (tertiary/aromatic N) is 1. The second-order valence-electron chi connectivity index (χ2n) is 9.30. The lowest BCUT2D eigenvalue weighted by Crippen LogP contribution is -2.31. The number of fused-ring (bicyclic) bond motifs is 2. The standard InChI is InChI=1S/C32H25NO4/c1-21-15-16-27-26(19-21)30(34)28-29(23-11-8-14-25(20-23)36-24-12-6-3-7-13-24)33(32(35)31(28)37-27)18-17-22-9-4-2-5-10-22/h2-16,19-20,29H,17-18H2,1H3. The third-order valence-corrected chi connectivity index (χ3v) is 6.76. The number of carbonyl (C=O) groups excluding carboxylic acids is 1. The molecule has 1 aliphatic heterocycles. The van der Waals surface area contributed by atoms with Gasteiger partial charge in [0.1, 0.15) is 17.1 Å². The Hall–Kier alpha value is -4.64. The van der Waals surface area contributed by atoms with E-state index in [1.165, 1.54) is 0 Å². The first kappa shape index (κ1) is 22.8. The summed E-state index contributed by atoms with van der Waals surface area (Å²) in [6.45, 7) is 2.38. The largest absolute Gasteiger partial charge is 0.457 e. The molecule has 37 heavy (non-hydrogen) atoms. The summed E-state index contributed by atoms with van der Waals surface area (Å²) < 4.78 is 12.2. The van der Waals surface area contributed by atoms with Gasteiger partial charge in [0, 0.05) is 6.54 Å². The van der Waals surface area contributed by atoms with E-state index >= 15 is 0 Å². The Labute approximate surface area is 214 Å². The first-order valence-electron chi connectivity index (χ1n) is 12.3. The van der Waals surface area contributed by atoms with Crippen molar-refractivity contribution in [2.45, 2.75) is 19.4 Å². The van der Waals surface area contributed by atoms with E-state index in [0.29, 0.717) is 41.0 Å². The van der Waals surface area contributed by atoms with Gasteiger partial charge in [-0.1, -0.05) is 72.3 Å². The number of carbonyl (C=O) groups is 1. The second-order valence-corrected chi connectivity index (χ2v) is 9.30. The molecule has 1 amide bonds. The second kappa shape index (κ2) is 9.43. The summed E-state index contributed by atoms with van der Waals surface area (Å²) in [6.07, 6.45) is 0.657. The van der Waals surface area contributed by atoms with Crippen molar-refractivity contribution in [3.05, 3.63) is 141 Å². The van der Waals surface area contributed by atoms with Gasteiger partial charge in [0.15, 0.2) is 5.43 Å². The van der Waals surface area contributed by atoms with Crippen LogP contribution in [0.5, 0.6) is 11.5 Å². The van der Waals surface area contributed by atoms with Crippen molar-refractivity contribution >= 4 is 16.9 Å². The van der Waals surface area contributed by atoms with Crippen molar-refractivity contribution in [1.82, 2.24) is 4.90 Å². The Morgan fingerprint density at radius 1 is 0.811 bits per heavy atom. The monoisotopic (exact) mass is 487 g/mol. The van der Waals surface area contributed by atoms with E-state index < -0.39 is 6.04 Å². The molecule has 5 aromatic rings. The molecule has 4 aromatic carbocycles. The third-order valence-electron chi connectivity index (χ3n) is 6.76. The molecular formula is C32H25NO4. The molecule has 0 fully saturated rings. The molecule has 1 unspecified atom stereocenters. The number of aryl methyl sites for hydroxylation is 1. The predicted molar refractivity (Wildman–Crippen MR) is 143 cm³/mol. The van der Waals surface area contributed by atoms with E-state index in [4.69, 9.17) is 9.15 Å². The Morgan fingerprint density at radius 2 is 1.54 bits per heavy atom. The Balaban J connectivity index is 1.46. The zero-order valence-corrected chi connectivity index (χ0v) is 20.4. The molecular weight excluding hydrogens is 462 g/mol. The molecule has 2 heterocycles. The van der Waals surface area contributed by atoms with E-state index in [1.54, 1.807) is 11.0 Å². The number of rotatable bonds is 6. The molecule has 1 aromatic heterocycles. The summed E-state index contributed by atoms with van der Waals surface area (Å²) in [6, 6.07) is 32.0. The van der Waals surface area contributed by atoms with Crippen molar-refractivity contribution in [3.8, 4) is 11.5 Å². The summed E-state index contributed by atoms with van der Waals surface area (Å²) >= 11 is 0. The first-order valence-corrected chi connectivity index (χ1v) is 12.3. The zero-order valence-electron chi connectivity index (χ0n) is 20.4. The molecule has 5 nitrogen and oxygen atoms in total. The molecule has 0 saturated heterocycles. The van der Waals surface area contributed by atoms with Crippen LogP contribution in [0.3, 0.4) is 0 Å². The van der Waals surface area contributed by atoms with Crippen molar-refractivity contribution in [3.63, 3.8) is 0 Å². The van der Waals surface area contributed by atoms with Crippen molar-refractivity contribution in [1.29, 1.82) is 0 Å². The quantitative estimate of drug-likeness (QED) is 0.268. The first-order chi connectivity index (χ1) is 18.1. The molecule has 0 bridgehead atoms. The van der Waals surface area contributed by atoms with E-state index in [9.17, 15) is 9.59 Å². The molecule has 0 radical (unpaired) electrons. The van der Waals surface area contributed by atoms with Crippen LogP contribution in [0.15, 0.2) is 112 Å². The van der Waals surface area contributed by atoms with Gasteiger partial charge in [0.05, 0.1) is 17.0 Å². The summed E-state index contributed by atoms with van der Waals surface area (Å²) in [4.78, 5) is 29.3. The van der Waals surface area contributed by atoms with Crippen LogP contribution in [0.25, 0.3) is 11.0 Å². The number of benzene rings is 4. The number of amides is 1. The van der Waals surface area contributed by atoms with Gasteiger partial charge < -0.3 is 14.1 Å². The molecule has 0 aliphatic carbocycles. The lowest BCUT2D eigenvalue weighted by molar-refractivity contribution is 0.0730. The molecule has 6 rings (SSSR count). The van der Waals surface area contributed by atoms with Crippen molar-refractivity contribution < 1.29 is 13.9 Å². The molecule has 0 N–H and O–H groups in total. The number of hydrogen-bond donors (Lipinski definition) is 0. The summed E-state index contributed by atoms with van der Waals surface area (Å²) in [5.41, 5.74) is 3.51. The van der Waals surface area contributed by atoms with Gasteiger partial charge in [-0.05, 0) is 60.9 Å². The van der Waals surface area contributed by atoms with Gasteiger partial charge in [0.2, 0.25) is 5.76 Å². The highest BCUT2D eigenvalue weighted by Crippen LogP contribution is 2.39. The minimum atomic E-state index is -0.577. The summed E-state index contributed by atoms with van der Waals surface area (Å²) in [5.74, 6) is 1.19. The summed E-state index contributed by atoms with van der Waals surface area (Å²) in [7, 11) is 0. The normalized spacial score (nSPS) is 14.7. The minimum Gasteiger partial charge on any atom is -0.457 e. The summed E-state index contributed by atoms with van der Waals surface area (Å²) in [5, 5.41) is 0.484. The van der Waals surface area contributed by atoms with Crippen molar-refractivity contribution in [2.75, 3.05) is 6.54 Å². The Morgan fingerprint density at radius 3 is 2.32 bits per heavy atom. The minimum absolute atomic E-state index is 0.119. The molecule has 1 aliphatic rings. The fourth-order valence-electron chi connectivity index (χ4n) is 4.98. The van der Waals surface area contributed by atoms with Gasteiger partial charge >= 0.3 is 0 Å². The van der Waals surface area contributed by atoms with Crippen LogP contribution < -0.4 is 10.2 Å². The molecule has 0 spiro atoms. The van der Waals surface area contributed by atoms with Gasteiger partial charge in [-0.2, -0.15) is 0 Å². The SMILES string of the molecule is Cc1ccc2oc3c(c(=O)c2c1)C(c1cccc(Oc2ccccc2)c1)N(CCc1ccccc1)C3=O. The highest BCUT2D eigenvalue weighted by Gasteiger charge is 2.42. The number of para-hydroxylation sites is 1. The number of ether oxygens (including phenoxy) is 1. The van der Waals surface area contributed by atoms with E-state index in [2.05, 4.69) is 0 Å². The maximum absolute atomic E-state index is 13.8. The third kappa shape index (κ3) is 4.29. The average Bonchev–Trinajstić information content (AvgIpc) is 3.21. The van der Waals surface area contributed by atoms with Crippen LogP contribution in [0, 0.1) is 6.92 Å². The maximum Gasteiger partial charge on any atom is 0.290 e. The zero-order chi connectivity index (χ0) is 25.4. The van der Waals surface area contributed by atoms with E-state index in [1.807, 2.05) is 104 Å². The fourth-order valence-corrected chi connectivity index (χ4v) is 4.98. The Bertz CT molecular complexity index is 1660. The molecule has 182 valence electrons. The number of hydrogen-bond acceptors (Lipinski definition) is 4. The van der Waals surface area contributed by atoms with Gasteiger partial charge in [0.25, 0.3) is 5.91 Å². The topological polar surface area (TPSA) is 59.8 Å². The van der Waals surface area contributed by atoms with Crippen LogP contribution in [0.1, 0.15) is 38.9 Å². The molecule has 5 heteroatoms. The van der Waals surface area contributed by atoms with E-state index in [-0.39, 0.29) is 17.1 Å². The smallest absolute Gasteiger partial charge is 0.290 e. The van der Waals surface area contributed by atoms with Crippen LogP contribution in [-0.4, -0.2) is 17.4 Å².